The predicted octanol–water partition coefficient (Wildman–Crippen LogP) is 2.07. The molecule has 0 aliphatic heterocycles. The molecule has 5 heteroatoms. The van der Waals surface area contributed by atoms with E-state index in [9.17, 15) is 9.59 Å². The van der Waals surface area contributed by atoms with Crippen molar-refractivity contribution in [1.29, 1.82) is 0 Å². The Labute approximate surface area is 103 Å². The van der Waals surface area contributed by atoms with Crippen LogP contribution in [-0.4, -0.2) is 41.6 Å². The highest BCUT2D eigenvalue weighted by atomic mass is 16.4. The summed E-state index contributed by atoms with van der Waals surface area (Å²) in [4.78, 5) is 23.1. The van der Waals surface area contributed by atoms with Gasteiger partial charge in [-0.1, -0.05) is 32.6 Å². The average molecular weight is 244 g/mol. The van der Waals surface area contributed by atoms with Gasteiger partial charge in [0, 0.05) is 13.1 Å². The molecule has 0 radical (unpaired) electrons. The van der Waals surface area contributed by atoms with Crippen LogP contribution in [0.5, 0.6) is 0 Å². The molecule has 0 aromatic rings. The summed E-state index contributed by atoms with van der Waals surface area (Å²) < 4.78 is 0. The minimum Gasteiger partial charge on any atom is -0.480 e. The van der Waals surface area contributed by atoms with E-state index in [1.54, 1.807) is 0 Å². The Hall–Kier alpha value is -1.26. The Kier molecular flexibility index (Phi) is 8.19. The SMILES string of the molecule is CCCCCCC(C)NC(=O)N(C)CC(=O)O. The number of carbonyl (C=O) groups excluding carboxylic acids is 1. The van der Waals surface area contributed by atoms with Gasteiger partial charge in [0.05, 0.1) is 0 Å². The molecule has 2 N–H and O–H groups in total. The molecule has 0 aliphatic carbocycles. The van der Waals surface area contributed by atoms with Gasteiger partial charge in [-0.05, 0) is 13.3 Å². The van der Waals surface area contributed by atoms with E-state index >= 15 is 0 Å². The largest absolute Gasteiger partial charge is 0.480 e. The lowest BCUT2D eigenvalue weighted by Gasteiger charge is -2.19. The number of hydrogen-bond donors (Lipinski definition) is 2. The van der Waals surface area contributed by atoms with Crippen LogP contribution >= 0.6 is 0 Å². The summed E-state index contributed by atoms with van der Waals surface area (Å²) >= 11 is 0. The van der Waals surface area contributed by atoms with Gasteiger partial charge in [0.1, 0.15) is 6.54 Å². The van der Waals surface area contributed by atoms with Crippen molar-refractivity contribution in [1.82, 2.24) is 10.2 Å². The highest BCUT2D eigenvalue weighted by Gasteiger charge is 2.13. The second kappa shape index (κ2) is 8.84. The number of likely N-dealkylation sites (N-methyl/N-ethyl adjacent to an activating group) is 1. The van der Waals surface area contributed by atoms with E-state index < -0.39 is 5.97 Å². The van der Waals surface area contributed by atoms with Gasteiger partial charge in [-0.15, -0.1) is 0 Å². The van der Waals surface area contributed by atoms with Gasteiger partial charge in [0.15, 0.2) is 0 Å². The fourth-order valence-corrected chi connectivity index (χ4v) is 1.55. The first-order chi connectivity index (χ1) is 7.97. The standard InChI is InChI=1S/C12H24N2O3/c1-4-5-6-7-8-10(2)13-12(17)14(3)9-11(15)16/h10H,4-9H2,1-3H3,(H,13,17)(H,15,16). The summed E-state index contributed by atoms with van der Waals surface area (Å²) in [6.07, 6.45) is 5.63. The maximum Gasteiger partial charge on any atom is 0.323 e. The molecule has 0 spiro atoms. The number of unbranched alkanes of at least 4 members (excludes halogenated alkanes) is 3. The summed E-state index contributed by atoms with van der Waals surface area (Å²) in [7, 11) is 1.48. The molecule has 17 heavy (non-hydrogen) atoms. The molecule has 0 heterocycles. The quantitative estimate of drug-likeness (QED) is 0.642. The Balaban J connectivity index is 3.75. The van der Waals surface area contributed by atoms with Gasteiger partial charge in [-0.25, -0.2) is 4.79 Å². The first-order valence-electron chi connectivity index (χ1n) is 6.20. The van der Waals surface area contributed by atoms with E-state index in [-0.39, 0.29) is 18.6 Å². The van der Waals surface area contributed by atoms with E-state index in [1.165, 1.54) is 31.2 Å². The van der Waals surface area contributed by atoms with Gasteiger partial charge in [0.2, 0.25) is 0 Å². The fourth-order valence-electron chi connectivity index (χ4n) is 1.55. The first-order valence-corrected chi connectivity index (χ1v) is 6.20. The van der Waals surface area contributed by atoms with Crippen LogP contribution in [0.4, 0.5) is 4.79 Å². The molecule has 0 fully saturated rings. The maximum absolute atomic E-state index is 11.5. The molecular formula is C12H24N2O3. The Bertz CT molecular complexity index is 244. The van der Waals surface area contributed by atoms with Crippen molar-refractivity contribution in [2.24, 2.45) is 0 Å². The smallest absolute Gasteiger partial charge is 0.323 e. The lowest BCUT2D eigenvalue weighted by molar-refractivity contribution is -0.137. The Morgan fingerprint density at radius 1 is 1.29 bits per heavy atom. The third kappa shape index (κ3) is 8.54. The molecule has 0 aromatic heterocycles. The number of hydrogen-bond acceptors (Lipinski definition) is 2. The number of amides is 2. The highest BCUT2D eigenvalue weighted by Crippen LogP contribution is 2.05. The molecule has 0 saturated heterocycles. The molecule has 5 nitrogen and oxygen atoms in total. The van der Waals surface area contributed by atoms with Crippen molar-refractivity contribution in [3.63, 3.8) is 0 Å². The fraction of sp³-hybridized carbons (Fsp3) is 0.833. The third-order valence-corrected chi connectivity index (χ3v) is 2.58. The Morgan fingerprint density at radius 3 is 2.47 bits per heavy atom. The zero-order valence-corrected chi connectivity index (χ0v) is 11.0. The van der Waals surface area contributed by atoms with Crippen molar-refractivity contribution in [3.05, 3.63) is 0 Å². The van der Waals surface area contributed by atoms with Crippen LogP contribution in [0, 0.1) is 0 Å². The summed E-state index contributed by atoms with van der Waals surface area (Å²) in [6.45, 7) is 3.83. The minimum atomic E-state index is -1.00. The number of carboxylic acid groups (broad SMARTS) is 1. The van der Waals surface area contributed by atoms with Crippen molar-refractivity contribution in [3.8, 4) is 0 Å². The van der Waals surface area contributed by atoms with E-state index in [4.69, 9.17) is 5.11 Å². The van der Waals surface area contributed by atoms with Crippen LogP contribution in [0.15, 0.2) is 0 Å². The molecule has 1 unspecified atom stereocenters. The molecule has 1 atom stereocenters. The topological polar surface area (TPSA) is 69.6 Å². The number of nitrogens with zero attached hydrogens (tertiary/aromatic N) is 1. The van der Waals surface area contributed by atoms with Crippen molar-refractivity contribution in [2.75, 3.05) is 13.6 Å². The van der Waals surface area contributed by atoms with E-state index in [1.807, 2.05) is 6.92 Å². The van der Waals surface area contributed by atoms with Crippen molar-refractivity contribution in [2.45, 2.75) is 52.0 Å². The van der Waals surface area contributed by atoms with Gasteiger partial charge in [-0.2, -0.15) is 0 Å². The number of carboxylic acids is 1. The van der Waals surface area contributed by atoms with Gasteiger partial charge in [-0.3, -0.25) is 4.79 Å². The average Bonchev–Trinajstić information content (AvgIpc) is 2.23. The molecule has 0 aliphatic rings. The maximum atomic E-state index is 11.5. The summed E-state index contributed by atoms with van der Waals surface area (Å²) in [6, 6.07) is -0.231. The number of carbonyl (C=O) groups is 2. The van der Waals surface area contributed by atoms with Gasteiger partial charge in [0.25, 0.3) is 0 Å². The molecule has 2 amide bonds. The highest BCUT2D eigenvalue weighted by molar-refractivity contribution is 5.79. The van der Waals surface area contributed by atoms with E-state index in [2.05, 4.69) is 12.2 Å². The normalized spacial score (nSPS) is 11.9. The van der Waals surface area contributed by atoms with Crippen LogP contribution in [0.2, 0.25) is 0 Å². The molecule has 0 aromatic carbocycles. The van der Waals surface area contributed by atoms with Crippen LogP contribution in [0.1, 0.15) is 46.0 Å². The van der Waals surface area contributed by atoms with Crippen molar-refractivity contribution >= 4 is 12.0 Å². The van der Waals surface area contributed by atoms with Gasteiger partial charge < -0.3 is 15.3 Å². The summed E-state index contributed by atoms with van der Waals surface area (Å²) in [5, 5.41) is 11.3. The molecule has 100 valence electrons. The second-order valence-electron chi connectivity index (χ2n) is 4.45. The van der Waals surface area contributed by atoms with Crippen LogP contribution < -0.4 is 5.32 Å². The van der Waals surface area contributed by atoms with Crippen molar-refractivity contribution < 1.29 is 14.7 Å². The predicted molar refractivity (Wildman–Crippen MR) is 67.0 cm³/mol. The van der Waals surface area contributed by atoms with Gasteiger partial charge >= 0.3 is 12.0 Å². The van der Waals surface area contributed by atoms with E-state index in [0.29, 0.717) is 0 Å². The summed E-state index contributed by atoms with van der Waals surface area (Å²) in [5.74, 6) is -1.00. The molecule has 0 saturated carbocycles. The minimum absolute atomic E-state index is 0.0931. The van der Waals surface area contributed by atoms with Crippen LogP contribution in [0.3, 0.4) is 0 Å². The number of aliphatic carboxylic acids is 1. The molecular weight excluding hydrogens is 220 g/mol. The molecule has 0 rings (SSSR count). The lowest BCUT2D eigenvalue weighted by atomic mass is 10.1. The van der Waals surface area contributed by atoms with Crippen LogP contribution in [-0.2, 0) is 4.79 Å². The van der Waals surface area contributed by atoms with E-state index in [0.717, 1.165) is 12.8 Å². The lowest BCUT2D eigenvalue weighted by Crippen LogP contribution is -2.43. The zero-order valence-electron chi connectivity index (χ0n) is 11.0. The first kappa shape index (κ1) is 15.7. The van der Waals surface area contributed by atoms with Crippen LogP contribution in [0.25, 0.3) is 0 Å². The number of urea groups is 1. The zero-order chi connectivity index (χ0) is 13.3. The summed E-state index contributed by atoms with van der Waals surface area (Å²) in [5.41, 5.74) is 0. The number of rotatable bonds is 8. The monoisotopic (exact) mass is 244 g/mol. The number of nitrogens with one attached hydrogen (secondary N) is 1. The third-order valence-electron chi connectivity index (χ3n) is 2.58. The Morgan fingerprint density at radius 2 is 1.94 bits per heavy atom. The second-order valence-corrected chi connectivity index (χ2v) is 4.45. The molecule has 0 bridgehead atoms.